The lowest BCUT2D eigenvalue weighted by Gasteiger charge is -2.17. The first-order valence-corrected chi connectivity index (χ1v) is 5.55. The predicted molar refractivity (Wildman–Crippen MR) is 60.5 cm³/mol. The van der Waals surface area contributed by atoms with E-state index >= 15 is 0 Å². The topological polar surface area (TPSA) is 25.2 Å². The summed E-state index contributed by atoms with van der Waals surface area (Å²) in [4.78, 5) is 0. The van der Waals surface area contributed by atoms with Crippen molar-refractivity contribution < 1.29 is 17.6 Å². The van der Waals surface area contributed by atoms with Gasteiger partial charge in [-0.2, -0.15) is 0 Å². The van der Waals surface area contributed by atoms with Crippen molar-refractivity contribution >= 4 is 0 Å². The molecule has 1 unspecified atom stereocenters. The number of hydrogen-bond acceptors (Lipinski definition) is 2. The zero-order chi connectivity index (χ0) is 13.1. The van der Waals surface area contributed by atoms with Crippen LogP contribution in [0.2, 0.25) is 0 Å². The van der Waals surface area contributed by atoms with Crippen molar-refractivity contribution in [3.05, 3.63) is 59.3 Å². The van der Waals surface area contributed by atoms with Crippen LogP contribution in [-0.2, 0) is 0 Å². The van der Waals surface area contributed by atoms with Gasteiger partial charge in [-0.25, -0.2) is 13.2 Å². The highest BCUT2D eigenvalue weighted by Gasteiger charge is 2.23. The van der Waals surface area contributed by atoms with E-state index < -0.39 is 23.5 Å². The fraction of sp³-hybridized carbons (Fsp3) is 0.231. The Morgan fingerprint density at radius 3 is 2.56 bits per heavy atom. The molecule has 0 aliphatic heterocycles. The predicted octanol–water partition coefficient (Wildman–Crippen LogP) is 3.40. The lowest BCUT2D eigenvalue weighted by Crippen LogP contribution is -2.23. The Kier molecular flexibility index (Phi) is 3.72. The third-order valence-corrected chi connectivity index (χ3v) is 2.61. The van der Waals surface area contributed by atoms with Crippen molar-refractivity contribution in [2.45, 2.75) is 13.0 Å². The number of halogens is 3. The van der Waals surface area contributed by atoms with Gasteiger partial charge >= 0.3 is 0 Å². The minimum atomic E-state index is -1.47. The van der Waals surface area contributed by atoms with E-state index in [0.29, 0.717) is 12.3 Å². The van der Waals surface area contributed by atoms with E-state index in [2.05, 4.69) is 5.32 Å². The van der Waals surface area contributed by atoms with Crippen LogP contribution in [0.5, 0.6) is 0 Å². The van der Waals surface area contributed by atoms with E-state index in [-0.39, 0.29) is 5.56 Å². The highest BCUT2D eigenvalue weighted by molar-refractivity contribution is 5.29. The fourth-order valence-electron chi connectivity index (χ4n) is 1.79. The second kappa shape index (κ2) is 5.27. The molecule has 0 saturated heterocycles. The monoisotopic (exact) mass is 255 g/mol. The van der Waals surface area contributed by atoms with Crippen LogP contribution in [-0.4, -0.2) is 6.54 Å². The van der Waals surface area contributed by atoms with Crippen molar-refractivity contribution in [1.29, 1.82) is 0 Å². The molecular formula is C13H12F3NO. The Labute approximate surface area is 102 Å². The minimum absolute atomic E-state index is 0.0192. The van der Waals surface area contributed by atoms with Gasteiger partial charge in [-0.15, -0.1) is 0 Å². The van der Waals surface area contributed by atoms with Crippen LogP contribution in [0.1, 0.15) is 24.3 Å². The third kappa shape index (κ3) is 2.26. The number of hydrogen-bond donors (Lipinski definition) is 1. The average Bonchev–Trinajstić information content (AvgIpc) is 2.88. The van der Waals surface area contributed by atoms with Crippen LogP contribution in [0.4, 0.5) is 13.2 Å². The molecule has 0 aliphatic rings. The number of benzene rings is 1. The fourth-order valence-corrected chi connectivity index (χ4v) is 1.79. The standard InChI is InChI=1S/C13H12F3NO/c1-2-17-13(10-4-3-7-18-10)8-5-6-9(14)12(16)11(8)15/h3-7,13,17H,2H2,1H3. The van der Waals surface area contributed by atoms with Crippen molar-refractivity contribution in [3.8, 4) is 0 Å². The summed E-state index contributed by atoms with van der Waals surface area (Å²) >= 11 is 0. The second-order valence-electron chi connectivity index (χ2n) is 3.77. The van der Waals surface area contributed by atoms with Gasteiger partial charge < -0.3 is 9.73 Å². The first-order chi connectivity index (χ1) is 8.65. The zero-order valence-corrected chi connectivity index (χ0v) is 9.71. The van der Waals surface area contributed by atoms with Gasteiger partial charge in [-0.1, -0.05) is 13.0 Å². The van der Waals surface area contributed by atoms with Crippen LogP contribution in [0.3, 0.4) is 0 Å². The molecule has 2 nitrogen and oxygen atoms in total. The SMILES string of the molecule is CCNC(c1ccco1)c1ccc(F)c(F)c1F. The Hall–Kier alpha value is -1.75. The summed E-state index contributed by atoms with van der Waals surface area (Å²) in [5.74, 6) is -3.42. The molecule has 18 heavy (non-hydrogen) atoms. The molecule has 1 aromatic heterocycles. The van der Waals surface area contributed by atoms with E-state index in [4.69, 9.17) is 4.42 Å². The molecule has 2 aromatic rings. The normalized spacial score (nSPS) is 12.7. The Morgan fingerprint density at radius 2 is 1.94 bits per heavy atom. The van der Waals surface area contributed by atoms with Gasteiger partial charge in [0.1, 0.15) is 5.76 Å². The summed E-state index contributed by atoms with van der Waals surface area (Å²) < 4.78 is 45.0. The summed E-state index contributed by atoms with van der Waals surface area (Å²) in [5, 5.41) is 2.97. The van der Waals surface area contributed by atoms with E-state index in [1.165, 1.54) is 12.3 Å². The van der Waals surface area contributed by atoms with Crippen LogP contribution in [0.25, 0.3) is 0 Å². The molecule has 1 aromatic carbocycles. The number of nitrogens with one attached hydrogen (secondary N) is 1. The molecule has 1 atom stereocenters. The van der Waals surface area contributed by atoms with Gasteiger partial charge in [0.2, 0.25) is 0 Å². The smallest absolute Gasteiger partial charge is 0.194 e. The van der Waals surface area contributed by atoms with Gasteiger partial charge in [0.05, 0.1) is 12.3 Å². The highest BCUT2D eigenvalue weighted by atomic mass is 19.2. The van der Waals surface area contributed by atoms with Crippen molar-refractivity contribution in [2.75, 3.05) is 6.54 Å². The Balaban J connectivity index is 2.47. The zero-order valence-electron chi connectivity index (χ0n) is 9.71. The van der Waals surface area contributed by atoms with Crippen LogP contribution in [0, 0.1) is 17.5 Å². The molecule has 0 aliphatic carbocycles. The van der Waals surface area contributed by atoms with E-state index in [1.807, 2.05) is 6.92 Å². The molecule has 0 radical (unpaired) electrons. The highest BCUT2D eigenvalue weighted by Crippen LogP contribution is 2.27. The first kappa shape index (κ1) is 12.7. The molecule has 2 rings (SSSR count). The second-order valence-corrected chi connectivity index (χ2v) is 3.77. The van der Waals surface area contributed by atoms with E-state index in [9.17, 15) is 13.2 Å². The van der Waals surface area contributed by atoms with Crippen molar-refractivity contribution in [1.82, 2.24) is 5.32 Å². The molecular weight excluding hydrogens is 243 g/mol. The molecule has 0 fully saturated rings. The molecule has 0 amide bonds. The summed E-state index contributed by atoms with van der Waals surface area (Å²) in [6.07, 6.45) is 1.44. The van der Waals surface area contributed by atoms with Gasteiger partial charge in [0, 0.05) is 5.56 Å². The largest absolute Gasteiger partial charge is 0.467 e. The summed E-state index contributed by atoms with van der Waals surface area (Å²) in [5.41, 5.74) is 0.0192. The maximum atomic E-state index is 13.7. The summed E-state index contributed by atoms with van der Waals surface area (Å²) in [7, 11) is 0. The van der Waals surface area contributed by atoms with Crippen LogP contribution < -0.4 is 5.32 Å². The maximum absolute atomic E-state index is 13.7. The number of furan rings is 1. The lowest BCUT2D eigenvalue weighted by atomic mass is 10.0. The molecule has 96 valence electrons. The first-order valence-electron chi connectivity index (χ1n) is 5.55. The van der Waals surface area contributed by atoms with E-state index in [1.54, 1.807) is 12.1 Å². The molecule has 1 heterocycles. The molecule has 0 saturated carbocycles. The average molecular weight is 255 g/mol. The summed E-state index contributed by atoms with van der Waals surface area (Å²) in [6, 6.07) is 4.77. The molecule has 0 bridgehead atoms. The third-order valence-electron chi connectivity index (χ3n) is 2.61. The van der Waals surface area contributed by atoms with E-state index in [0.717, 1.165) is 6.07 Å². The van der Waals surface area contributed by atoms with Gasteiger partial charge in [-0.3, -0.25) is 0 Å². The van der Waals surface area contributed by atoms with Gasteiger partial charge in [0.15, 0.2) is 17.5 Å². The Bertz CT molecular complexity index is 525. The lowest BCUT2D eigenvalue weighted by molar-refractivity contribution is 0.412. The number of rotatable bonds is 4. The molecule has 1 N–H and O–H groups in total. The van der Waals surface area contributed by atoms with Crippen LogP contribution >= 0.6 is 0 Å². The maximum Gasteiger partial charge on any atom is 0.194 e. The van der Waals surface area contributed by atoms with Crippen molar-refractivity contribution in [2.24, 2.45) is 0 Å². The Morgan fingerprint density at radius 1 is 1.17 bits per heavy atom. The van der Waals surface area contributed by atoms with Gasteiger partial charge in [0.25, 0.3) is 0 Å². The minimum Gasteiger partial charge on any atom is -0.467 e. The molecule has 5 heteroatoms. The van der Waals surface area contributed by atoms with Gasteiger partial charge in [-0.05, 0) is 24.7 Å². The van der Waals surface area contributed by atoms with Crippen LogP contribution in [0.15, 0.2) is 34.9 Å². The quantitative estimate of drug-likeness (QED) is 0.847. The summed E-state index contributed by atoms with van der Waals surface area (Å²) in [6.45, 7) is 2.36. The van der Waals surface area contributed by atoms with Crippen molar-refractivity contribution in [3.63, 3.8) is 0 Å². The molecule has 0 spiro atoms.